The van der Waals surface area contributed by atoms with E-state index in [0.29, 0.717) is 19.4 Å². The van der Waals surface area contributed by atoms with Crippen LogP contribution in [0.3, 0.4) is 0 Å². The quantitative estimate of drug-likeness (QED) is 0.368. The van der Waals surface area contributed by atoms with Crippen molar-refractivity contribution in [2.24, 2.45) is 5.92 Å². The average molecular weight is 553 g/mol. The number of rotatable bonds is 8. The molecule has 2 aromatic rings. The minimum absolute atomic E-state index is 0.0201. The van der Waals surface area contributed by atoms with Gasteiger partial charge in [0.2, 0.25) is 20.2 Å². The summed E-state index contributed by atoms with van der Waals surface area (Å²) in [7, 11) is -3.11. The van der Waals surface area contributed by atoms with Crippen molar-refractivity contribution in [3.05, 3.63) is 65.2 Å². The van der Waals surface area contributed by atoms with Gasteiger partial charge in [-0.3, -0.25) is 9.59 Å². The first-order valence-electron chi connectivity index (χ1n) is 14.4. The van der Waals surface area contributed by atoms with Gasteiger partial charge in [0.25, 0.3) is 0 Å². The van der Waals surface area contributed by atoms with E-state index in [4.69, 9.17) is 4.74 Å². The molecule has 0 saturated carbocycles. The van der Waals surface area contributed by atoms with E-state index >= 15 is 4.11 Å². The number of aliphatic hydroxyl groups is 1. The molecule has 8 heteroatoms. The van der Waals surface area contributed by atoms with Gasteiger partial charge in [-0.2, -0.15) is 0 Å². The zero-order valence-electron chi connectivity index (χ0n) is 23.3. The molecule has 2 amide bonds. The highest BCUT2D eigenvalue weighted by atomic mass is 28.4. The van der Waals surface area contributed by atoms with Crippen LogP contribution in [0.2, 0.25) is 18.6 Å². The monoisotopic (exact) mass is 552 g/mol. The van der Waals surface area contributed by atoms with E-state index in [0.717, 1.165) is 42.6 Å². The van der Waals surface area contributed by atoms with Crippen molar-refractivity contribution in [1.82, 2.24) is 4.90 Å². The van der Waals surface area contributed by atoms with Gasteiger partial charge in [-0.05, 0) is 73.5 Å². The maximum absolute atomic E-state index is 15.6. The smallest absolute Gasteiger partial charge is 0.246 e. The molecule has 210 valence electrons. The number of anilines is 1. The number of nitrogens with zero attached hydrogens (tertiary/aromatic N) is 2. The molecule has 0 spiro atoms. The third kappa shape index (κ3) is 5.98. The highest BCUT2D eigenvalue weighted by molar-refractivity contribution is 6.72. The summed E-state index contributed by atoms with van der Waals surface area (Å²) in [6.07, 6.45) is 3.26. The fourth-order valence-corrected chi connectivity index (χ4v) is 9.53. The molecule has 0 aliphatic carbocycles. The minimum atomic E-state index is -3.11. The molecule has 2 saturated heterocycles. The van der Waals surface area contributed by atoms with Gasteiger partial charge >= 0.3 is 0 Å². The lowest BCUT2D eigenvalue weighted by Crippen LogP contribution is -2.48. The first-order chi connectivity index (χ1) is 18.7. The van der Waals surface area contributed by atoms with Gasteiger partial charge in [-0.15, -0.1) is 0 Å². The minimum Gasteiger partial charge on any atom is -0.394 e. The molecule has 1 N–H and O–H groups in total. The van der Waals surface area contributed by atoms with Crippen LogP contribution in [0.25, 0.3) is 0 Å². The number of benzene rings is 2. The summed E-state index contributed by atoms with van der Waals surface area (Å²) in [4.78, 5) is 29.2. The zero-order chi connectivity index (χ0) is 27.7. The number of hydrogen-bond acceptors (Lipinski definition) is 4. The Balaban J connectivity index is 1.24. The Morgan fingerprint density at radius 3 is 2.46 bits per heavy atom. The Kier molecular flexibility index (Phi) is 8.26. The number of amides is 2. The molecule has 5 atom stereocenters. The van der Waals surface area contributed by atoms with Gasteiger partial charge in [-0.25, -0.2) is 0 Å². The largest absolute Gasteiger partial charge is 0.394 e. The normalized spacial score (nSPS) is 27.2. The predicted molar refractivity (Wildman–Crippen MR) is 153 cm³/mol. The number of aryl methyl sites for hydroxylation is 1. The highest BCUT2D eigenvalue weighted by Gasteiger charge is 2.52. The molecule has 2 fully saturated rings. The van der Waals surface area contributed by atoms with Gasteiger partial charge in [0.1, 0.15) is 0 Å². The van der Waals surface area contributed by atoms with E-state index in [2.05, 4.69) is 25.1 Å². The van der Waals surface area contributed by atoms with Crippen LogP contribution in [0.5, 0.6) is 0 Å². The van der Waals surface area contributed by atoms with E-state index in [1.807, 2.05) is 35.2 Å². The Morgan fingerprint density at radius 1 is 1.10 bits per heavy atom. The van der Waals surface area contributed by atoms with Crippen LogP contribution < -0.4 is 4.90 Å². The molecule has 39 heavy (non-hydrogen) atoms. The van der Waals surface area contributed by atoms with Crippen LogP contribution in [0.4, 0.5) is 9.80 Å². The summed E-state index contributed by atoms with van der Waals surface area (Å²) in [5.74, 6) is 0.128. The van der Waals surface area contributed by atoms with Gasteiger partial charge < -0.3 is 23.8 Å². The van der Waals surface area contributed by atoms with Gasteiger partial charge in [0.15, 0.2) is 0 Å². The maximum atomic E-state index is 15.6. The molecule has 0 bridgehead atoms. The molecule has 3 aliphatic rings. The Labute approximate surface area is 232 Å². The standard InChI is InChI=1S/C31H41FN2O4Si/c1-21-27(15-12-22-10-13-25(14-11-22)33-16-6-9-29(33)36)38-28(31(21)39(2,3)32)18-30(37)34-19-24-8-5-4-7-23(24)17-26(34)20-35/h4-5,7-8,10-11,13-14,21,26-28,31,35H,6,9,12,15-20H2,1-3H3/t21-,26+,27+,28-,31+/m1/s1. The molecule has 3 heterocycles. The number of carbonyl (C=O) groups is 2. The van der Waals surface area contributed by atoms with Crippen molar-refractivity contribution in [3.8, 4) is 0 Å². The first-order valence-corrected chi connectivity index (χ1v) is 17.3. The van der Waals surface area contributed by atoms with Crippen molar-refractivity contribution in [1.29, 1.82) is 0 Å². The number of halogens is 1. The van der Waals surface area contributed by atoms with Crippen LogP contribution in [0.1, 0.15) is 49.3 Å². The van der Waals surface area contributed by atoms with Crippen LogP contribution in [-0.2, 0) is 33.7 Å². The summed E-state index contributed by atoms with van der Waals surface area (Å²) in [5.41, 5.74) is 4.11. The number of fused-ring (bicyclic) bond motifs is 1. The van der Waals surface area contributed by atoms with Crippen LogP contribution in [0.15, 0.2) is 48.5 Å². The fraction of sp³-hybridized carbons (Fsp3) is 0.548. The van der Waals surface area contributed by atoms with Crippen molar-refractivity contribution in [2.75, 3.05) is 18.1 Å². The second kappa shape index (κ2) is 11.5. The van der Waals surface area contributed by atoms with Crippen molar-refractivity contribution in [3.63, 3.8) is 0 Å². The third-order valence-electron chi connectivity index (χ3n) is 9.00. The molecule has 6 nitrogen and oxygen atoms in total. The number of carbonyl (C=O) groups excluding carboxylic acids is 2. The third-order valence-corrected chi connectivity index (χ3v) is 11.5. The zero-order valence-corrected chi connectivity index (χ0v) is 24.3. The van der Waals surface area contributed by atoms with Crippen LogP contribution in [0, 0.1) is 5.92 Å². The second-order valence-corrected chi connectivity index (χ2v) is 15.8. The Hall–Kier alpha value is -2.55. The maximum Gasteiger partial charge on any atom is 0.246 e. The predicted octanol–water partition coefficient (Wildman–Crippen LogP) is 5.03. The van der Waals surface area contributed by atoms with E-state index in [1.54, 1.807) is 18.0 Å². The highest BCUT2D eigenvalue weighted by Crippen LogP contribution is 2.47. The van der Waals surface area contributed by atoms with Gasteiger partial charge in [0.05, 0.1) is 31.3 Å². The lowest BCUT2D eigenvalue weighted by molar-refractivity contribution is -0.138. The van der Waals surface area contributed by atoms with Crippen LogP contribution >= 0.6 is 0 Å². The molecule has 0 radical (unpaired) electrons. The first kappa shape index (κ1) is 28.0. The average Bonchev–Trinajstić information content (AvgIpc) is 3.48. The van der Waals surface area contributed by atoms with E-state index < -0.39 is 14.5 Å². The molecular weight excluding hydrogens is 511 g/mol. The van der Waals surface area contributed by atoms with Gasteiger partial charge in [-0.1, -0.05) is 43.3 Å². The lowest BCUT2D eigenvalue weighted by atomic mass is 9.93. The van der Waals surface area contributed by atoms with E-state index in [9.17, 15) is 14.7 Å². The summed E-state index contributed by atoms with van der Waals surface area (Å²) in [6, 6.07) is 15.9. The van der Waals surface area contributed by atoms with Crippen molar-refractivity contribution >= 4 is 25.9 Å². The van der Waals surface area contributed by atoms with Crippen molar-refractivity contribution in [2.45, 2.75) is 88.9 Å². The number of hydrogen-bond donors (Lipinski definition) is 1. The topological polar surface area (TPSA) is 70.1 Å². The number of ether oxygens (including phenoxy) is 1. The number of aliphatic hydroxyl groups excluding tert-OH is 1. The second-order valence-electron chi connectivity index (χ2n) is 12.1. The molecule has 3 aliphatic heterocycles. The van der Waals surface area contributed by atoms with Crippen LogP contribution in [-0.4, -0.2) is 61.6 Å². The van der Waals surface area contributed by atoms with E-state index in [1.165, 1.54) is 5.56 Å². The Morgan fingerprint density at radius 2 is 1.82 bits per heavy atom. The summed E-state index contributed by atoms with van der Waals surface area (Å²) >= 11 is 0. The van der Waals surface area contributed by atoms with Gasteiger partial charge in [0, 0.05) is 30.7 Å². The SMILES string of the molecule is C[C@H]1[C@H]([Si](C)(C)F)[C@@H](CC(=O)N2Cc3ccccc3C[C@H]2CO)O[C@H]1CCc1ccc(N2CCCC2=O)cc1. The summed E-state index contributed by atoms with van der Waals surface area (Å²) in [5, 5.41) is 10.0. The van der Waals surface area contributed by atoms with Crippen molar-refractivity contribution < 1.29 is 23.5 Å². The van der Waals surface area contributed by atoms with E-state index in [-0.39, 0.29) is 48.4 Å². The molecule has 5 rings (SSSR count). The molecule has 2 aromatic carbocycles. The lowest BCUT2D eigenvalue weighted by Gasteiger charge is -2.37. The Bertz CT molecular complexity index is 1180. The summed E-state index contributed by atoms with van der Waals surface area (Å²) in [6.45, 7) is 6.67. The summed E-state index contributed by atoms with van der Waals surface area (Å²) < 4.78 is 22.1. The molecular formula is C31H41FN2O4Si. The fourth-order valence-electron chi connectivity index (χ4n) is 6.98. The molecule has 0 unspecified atom stereocenters. The molecule has 0 aromatic heterocycles.